The van der Waals surface area contributed by atoms with E-state index in [9.17, 15) is 8.42 Å². The summed E-state index contributed by atoms with van der Waals surface area (Å²) in [7, 11) is -3.19. The topological polar surface area (TPSA) is 57.6 Å². The first-order chi connectivity index (χ1) is 8.02. The van der Waals surface area contributed by atoms with E-state index in [-0.39, 0.29) is 5.54 Å². The molecule has 1 saturated carbocycles. The molecule has 1 saturated heterocycles. The number of nitrogens with zero attached hydrogens (tertiary/aromatic N) is 1. The summed E-state index contributed by atoms with van der Waals surface area (Å²) < 4.78 is 30.8. The number of rotatable bonds is 4. The molecule has 1 N–H and O–H groups in total. The van der Waals surface area contributed by atoms with E-state index >= 15 is 0 Å². The molecule has 0 amide bonds. The average molecular weight is 279 g/mol. The summed E-state index contributed by atoms with van der Waals surface area (Å²) in [6.07, 6.45) is 8.22. The van der Waals surface area contributed by atoms with Gasteiger partial charge in [-0.2, -0.15) is 8.42 Å². The van der Waals surface area contributed by atoms with Gasteiger partial charge in [-0.25, -0.2) is 0 Å². The molecule has 2 aliphatic rings. The van der Waals surface area contributed by atoms with Gasteiger partial charge in [-0.15, -0.1) is 0 Å². The molecule has 17 heavy (non-hydrogen) atoms. The van der Waals surface area contributed by atoms with Crippen LogP contribution in [0.4, 0.5) is 0 Å². The van der Waals surface area contributed by atoms with Crippen LogP contribution in [0.1, 0.15) is 44.9 Å². The van der Waals surface area contributed by atoms with Crippen LogP contribution in [0.15, 0.2) is 0 Å². The predicted octanol–water partition coefficient (Wildman–Crippen LogP) is 2.32. The van der Waals surface area contributed by atoms with Crippen LogP contribution in [-0.4, -0.2) is 42.3 Å². The molecule has 6 heteroatoms. The first kappa shape index (κ1) is 13.6. The van der Waals surface area contributed by atoms with E-state index in [0.29, 0.717) is 16.5 Å². The molecule has 0 atom stereocenters. The second-order valence-corrected chi connectivity index (χ2v) is 8.52. The lowest BCUT2D eigenvalue weighted by atomic mass is 9.82. The van der Waals surface area contributed by atoms with Crippen molar-refractivity contribution in [3.8, 4) is 0 Å². The quantitative estimate of drug-likeness (QED) is 0.632. The van der Waals surface area contributed by atoms with Gasteiger partial charge in [-0.05, 0) is 49.6 Å². The predicted molar refractivity (Wildman–Crippen MR) is 70.6 cm³/mol. The lowest BCUT2D eigenvalue weighted by Crippen LogP contribution is -2.50. The average Bonchev–Trinajstić information content (AvgIpc) is 2.81. The fourth-order valence-electron chi connectivity index (χ4n) is 3.14. The van der Waals surface area contributed by atoms with Gasteiger partial charge in [0.15, 0.2) is 0 Å². The largest absolute Gasteiger partial charge is 0.319 e. The normalized spacial score (nSPS) is 26.2. The highest BCUT2D eigenvalue weighted by atomic mass is 33.1. The minimum absolute atomic E-state index is 0.0230. The highest BCUT2D eigenvalue weighted by Crippen LogP contribution is 2.39. The van der Waals surface area contributed by atoms with Gasteiger partial charge in [0, 0.05) is 11.3 Å². The van der Waals surface area contributed by atoms with Crippen molar-refractivity contribution in [3.05, 3.63) is 0 Å². The van der Waals surface area contributed by atoms with Crippen molar-refractivity contribution in [2.45, 2.75) is 50.5 Å². The van der Waals surface area contributed by atoms with Crippen molar-refractivity contribution in [2.24, 2.45) is 0 Å². The van der Waals surface area contributed by atoms with E-state index in [1.807, 2.05) is 0 Å². The van der Waals surface area contributed by atoms with Gasteiger partial charge in [-0.3, -0.25) is 9.45 Å². The maximum atomic E-state index is 10.9. The standard InChI is InChI=1S/C11H21NO3S2/c13-17(14,15)16-10-11(6-2-1-3-7-11)12-8-4-5-9-12/h1-10H2,(H,13,14,15). The molecule has 0 aromatic heterocycles. The second-order valence-electron chi connectivity index (χ2n) is 5.17. The summed E-state index contributed by atoms with van der Waals surface area (Å²) in [5, 5.41) is 0. The molecule has 2 fully saturated rings. The zero-order valence-corrected chi connectivity index (χ0v) is 11.7. The van der Waals surface area contributed by atoms with Crippen LogP contribution in [0.2, 0.25) is 0 Å². The Labute approximate surface area is 107 Å². The lowest BCUT2D eigenvalue weighted by Gasteiger charge is -2.44. The third kappa shape index (κ3) is 3.59. The van der Waals surface area contributed by atoms with Crippen LogP contribution in [-0.2, 0) is 9.15 Å². The highest BCUT2D eigenvalue weighted by molar-refractivity contribution is 8.69. The van der Waals surface area contributed by atoms with E-state index in [4.69, 9.17) is 4.55 Å². The van der Waals surface area contributed by atoms with Crippen molar-refractivity contribution in [3.63, 3.8) is 0 Å². The Kier molecular flexibility index (Phi) is 4.39. The van der Waals surface area contributed by atoms with Crippen molar-refractivity contribution in [2.75, 3.05) is 18.8 Å². The SMILES string of the molecule is O=S(=O)(O)SCC1(N2CCCC2)CCCCC1. The van der Waals surface area contributed by atoms with E-state index in [0.717, 1.165) is 25.9 Å². The fourth-order valence-corrected chi connectivity index (χ4v) is 5.08. The van der Waals surface area contributed by atoms with Gasteiger partial charge in [0.25, 0.3) is 0 Å². The second kappa shape index (κ2) is 5.47. The monoisotopic (exact) mass is 279 g/mol. The molecule has 0 aromatic carbocycles. The van der Waals surface area contributed by atoms with Crippen LogP contribution in [0.3, 0.4) is 0 Å². The maximum absolute atomic E-state index is 10.9. The summed E-state index contributed by atoms with van der Waals surface area (Å²) >= 11 is 0. The van der Waals surface area contributed by atoms with Gasteiger partial charge >= 0.3 is 9.15 Å². The summed E-state index contributed by atoms with van der Waals surface area (Å²) in [6, 6.07) is 0. The molecule has 4 nitrogen and oxygen atoms in total. The Bertz CT molecular complexity index is 344. The Morgan fingerprint density at radius 3 is 2.18 bits per heavy atom. The van der Waals surface area contributed by atoms with Crippen LogP contribution in [0.5, 0.6) is 0 Å². The molecule has 100 valence electrons. The summed E-state index contributed by atoms with van der Waals surface area (Å²) in [5.41, 5.74) is 0.0230. The van der Waals surface area contributed by atoms with Gasteiger partial charge < -0.3 is 0 Å². The van der Waals surface area contributed by atoms with Gasteiger partial charge in [0.1, 0.15) is 0 Å². The van der Waals surface area contributed by atoms with E-state index in [1.165, 1.54) is 32.1 Å². The molecule has 1 aliphatic carbocycles. The van der Waals surface area contributed by atoms with Crippen LogP contribution < -0.4 is 0 Å². The number of hydrogen-bond acceptors (Lipinski definition) is 4. The van der Waals surface area contributed by atoms with E-state index in [1.54, 1.807) is 0 Å². The molecule has 0 bridgehead atoms. The molecule has 0 aromatic rings. The minimum Gasteiger partial charge on any atom is -0.297 e. The van der Waals surface area contributed by atoms with Gasteiger partial charge in [0.05, 0.1) is 0 Å². The third-order valence-electron chi connectivity index (χ3n) is 4.04. The summed E-state index contributed by atoms with van der Waals surface area (Å²) in [6.45, 7) is 2.18. The Balaban J connectivity index is 2.05. The first-order valence-corrected chi connectivity index (χ1v) is 9.33. The molecular weight excluding hydrogens is 258 g/mol. The number of hydrogen-bond donors (Lipinski definition) is 1. The molecular formula is C11H21NO3S2. The number of likely N-dealkylation sites (tertiary alicyclic amines) is 1. The Hall–Kier alpha value is 0.220. The Morgan fingerprint density at radius 1 is 1.06 bits per heavy atom. The molecule has 1 aliphatic heterocycles. The molecule has 0 unspecified atom stereocenters. The summed E-state index contributed by atoms with van der Waals surface area (Å²) in [5.74, 6) is 0.520. The Morgan fingerprint density at radius 2 is 1.65 bits per heavy atom. The molecule has 0 spiro atoms. The maximum Gasteiger partial charge on any atom is 0.319 e. The molecule has 0 radical (unpaired) electrons. The fraction of sp³-hybridized carbons (Fsp3) is 1.00. The van der Waals surface area contributed by atoms with Crippen molar-refractivity contribution >= 4 is 19.9 Å². The van der Waals surface area contributed by atoms with E-state index in [2.05, 4.69) is 4.90 Å². The highest BCUT2D eigenvalue weighted by Gasteiger charge is 2.39. The van der Waals surface area contributed by atoms with Crippen LogP contribution in [0, 0.1) is 0 Å². The smallest absolute Gasteiger partial charge is 0.297 e. The first-order valence-electron chi connectivity index (χ1n) is 6.39. The van der Waals surface area contributed by atoms with E-state index < -0.39 is 9.15 Å². The van der Waals surface area contributed by atoms with Crippen molar-refractivity contribution in [1.82, 2.24) is 4.90 Å². The zero-order valence-electron chi connectivity index (χ0n) is 10.1. The minimum atomic E-state index is -3.90. The summed E-state index contributed by atoms with van der Waals surface area (Å²) in [4.78, 5) is 2.46. The third-order valence-corrected chi connectivity index (χ3v) is 6.24. The lowest BCUT2D eigenvalue weighted by molar-refractivity contribution is 0.0960. The van der Waals surface area contributed by atoms with Crippen molar-refractivity contribution < 1.29 is 13.0 Å². The van der Waals surface area contributed by atoms with Crippen LogP contribution in [0.25, 0.3) is 0 Å². The van der Waals surface area contributed by atoms with Gasteiger partial charge in [0.2, 0.25) is 0 Å². The van der Waals surface area contributed by atoms with Gasteiger partial charge in [-0.1, -0.05) is 19.3 Å². The zero-order chi connectivity index (χ0) is 12.4. The molecule has 1 heterocycles. The molecule has 2 rings (SSSR count). The van der Waals surface area contributed by atoms with Crippen molar-refractivity contribution in [1.29, 1.82) is 0 Å². The van der Waals surface area contributed by atoms with Crippen LogP contribution >= 0.6 is 10.8 Å².